The van der Waals surface area contributed by atoms with Gasteiger partial charge in [-0.15, -0.1) is 0 Å². The van der Waals surface area contributed by atoms with Crippen molar-refractivity contribution in [1.29, 1.82) is 0 Å². The van der Waals surface area contributed by atoms with Crippen LogP contribution in [0.1, 0.15) is 27.9 Å². The highest BCUT2D eigenvalue weighted by Crippen LogP contribution is 2.44. The molecule has 0 bridgehead atoms. The third kappa shape index (κ3) is 3.22. The summed E-state index contributed by atoms with van der Waals surface area (Å²) in [6, 6.07) is 16.7. The lowest BCUT2D eigenvalue weighted by atomic mass is 9.95. The van der Waals surface area contributed by atoms with E-state index in [1.54, 1.807) is 43.3 Å². The number of furan rings is 1. The number of aryl methyl sites for hydroxylation is 1. The number of hydrogen-bond donors (Lipinski definition) is 1. The third-order valence-corrected chi connectivity index (χ3v) is 6.33. The first-order valence-corrected chi connectivity index (χ1v) is 10.6. The van der Waals surface area contributed by atoms with E-state index in [1.165, 1.54) is 22.3 Å². The molecule has 154 valence electrons. The van der Waals surface area contributed by atoms with E-state index in [-0.39, 0.29) is 11.3 Å². The number of amides is 1. The molecule has 8 heteroatoms. The molecule has 0 saturated carbocycles. The van der Waals surface area contributed by atoms with Crippen molar-refractivity contribution in [2.24, 2.45) is 0 Å². The summed E-state index contributed by atoms with van der Waals surface area (Å²) in [6.07, 6.45) is 0. The molecule has 4 aromatic rings. The normalized spacial score (nSPS) is 16.5. The van der Waals surface area contributed by atoms with Gasteiger partial charge in [-0.2, -0.15) is 0 Å². The van der Waals surface area contributed by atoms with E-state index in [9.17, 15) is 14.7 Å². The highest BCUT2D eigenvalue weighted by atomic mass is 35.5. The van der Waals surface area contributed by atoms with Crippen molar-refractivity contribution in [2.75, 3.05) is 4.90 Å². The standard InChI is InChI=1S/C23H15ClN2O4S/c1-12-7-10-16(30-12)20(27)18-19(13-5-3-2-4-6-13)26(22(29)21(18)28)23-25-15-9-8-14(24)11-17(15)31-23/h2-11,19,28H,1H3. The molecule has 2 aromatic carbocycles. The maximum atomic E-state index is 13.3. The van der Waals surface area contributed by atoms with Gasteiger partial charge in [0.1, 0.15) is 5.76 Å². The van der Waals surface area contributed by atoms with Gasteiger partial charge in [0.15, 0.2) is 16.7 Å². The summed E-state index contributed by atoms with van der Waals surface area (Å²) in [5, 5.41) is 11.7. The Morgan fingerprint density at radius 1 is 1.16 bits per heavy atom. The SMILES string of the molecule is Cc1ccc(C(=O)C2=C(O)C(=O)N(c3nc4ccc(Cl)cc4s3)C2c2ccccc2)o1. The number of carbonyl (C=O) groups excluding carboxylic acids is 2. The lowest BCUT2D eigenvalue weighted by Crippen LogP contribution is -2.30. The van der Waals surface area contributed by atoms with E-state index in [2.05, 4.69) is 4.98 Å². The average molecular weight is 451 g/mol. The average Bonchev–Trinajstić information content (AvgIpc) is 3.44. The molecule has 1 aliphatic heterocycles. The van der Waals surface area contributed by atoms with E-state index in [0.717, 1.165) is 4.70 Å². The molecular weight excluding hydrogens is 436 g/mol. The minimum atomic E-state index is -0.845. The van der Waals surface area contributed by atoms with Crippen molar-refractivity contribution in [3.8, 4) is 0 Å². The van der Waals surface area contributed by atoms with Gasteiger partial charge in [0, 0.05) is 5.02 Å². The molecule has 0 fully saturated rings. The molecule has 0 saturated heterocycles. The minimum Gasteiger partial charge on any atom is -0.503 e. The summed E-state index contributed by atoms with van der Waals surface area (Å²) >= 11 is 7.36. The topological polar surface area (TPSA) is 83.6 Å². The fourth-order valence-corrected chi connectivity index (χ4v) is 4.93. The number of Topliss-reactive ketones (excluding diaryl/α,β-unsaturated/α-hetero) is 1. The fourth-order valence-electron chi connectivity index (χ4n) is 3.66. The van der Waals surface area contributed by atoms with E-state index in [4.69, 9.17) is 16.0 Å². The Labute approximate surface area is 186 Å². The van der Waals surface area contributed by atoms with Crippen LogP contribution in [-0.4, -0.2) is 21.8 Å². The lowest BCUT2D eigenvalue weighted by molar-refractivity contribution is -0.117. The number of benzene rings is 2. The van der Waals surface area contributed by atoms with E-state index in [0.29, 0.717) is 27.0 Å². The van der Waals surface area contributed by atoms with Gasteiger partial charge < -0.3 is 9.52 Å². The molecule has 5 rings (SSSR count). The number of carbonyl (C=O) groups is 2. The Balaban J connectivity index is 1.67. The van der Waals surface area contributed by atoms with Gasteiger partial charge >= 0.3 is 0 Å². The first-order valence-electron chi connectivity index (χ1n) is 9.43. The van der Waals surface area contributed by atoms with Gasteiger partial charge in [-0.1, -0.05) is 53.3 Å². The van der Waals surface area contributed by atoms with Crippen LogP contribution in [0.25, 0.3) is 10.2 Å². The monoisotopic (exact) mass is 450 g/mol. The zero-order valence-electron chi connectivity index (χ0n) is 16.2. The number of halogens is 1. The van der Waals surface area contributed by atoms with Crippen molar-refractivity contribution in [1.82, 2.24) is 4.98 Å². The van der Waals surface area contributed by atoms with Crippen molar-refractivity contribution in [2.45, 2.75) is 13.0 Å². The number of anilines is 1. The summed E-state index contributed by atoms with van der Waals surface area (Å²) in [7, 11) is 0. The Morgan fingerprint density at radius 3 is 2.65 bits per heavy atom. The second-order valence-electron chi connectivity index (χ2n) is 7.10. The molecule has 0 aliphatic carbocycles. The minimum absolute atomic E-state index is 0.0390. The molecule has 6 nitrogen and oxygen atoms in total. The molecule has 1 aliphatic rings. The molecule has 31 heavy (non-hydrogen) atoms. The second kappa shape index (κ2) is 7.37. The van der Waals surface area contributed by atoms with E-state index in [1.807, 2.05) is 18.2 Å². The first-order chi connectivity index (χ1) is 14.9. The molecule has 1 N–H and O–H groups in total. The predicted octanol–water partition coefficient (Wildman–Crippen LogP) is 5.63. The molecule has 2 aromatic heterocycles. The van der Waals surface area contributed by atoms with Crippen molar-refractivity contribution in [3.05, 3.63) is 94.1 Å². The molecule has 1 amide bonds. The Bertz CT molecular complexity index is 1370. The molecule has 3 heterocycles. The second-order valence-corrected chi connectivity index (χ2v) is 8.54. The van der Waals surface area contributed by atoms with Crippen LogP contribution in [0.2, 0.25) is 5.02 Å². The summed E-state index contributed by atoms with van der Waals surface area (Å²) < 4.78 is 6.27. The van der Waals surface area contributed by atoms with Crippen molar-refractivity contribution in [3.63, 3.8) is 0 Å². The number of aromatic nitrogens is 1. The van der Waals surface area contributed by atoms with Crippen LogP contribution in [0.4, 0.5) is 5.13 Å². The third-order valence-electron chi connectivity index (χ3n) is 5.08. The van der Waals surface area contributed by atoms with E-state index < -0.39 is 23.5 Å². The summed E-state index contributed by atoms with van der Waals surface area (Å²) in [6.45, 7) is 1.72. The highest BCUT2D eigenvalue weighted by Gasteiger charge is 2.46. The predicted molar refractivity (Wildman–Crippen MR) is 119 cm³/mol. The lowest BCUT2D eigenvalue weighted by Gasteiger charge is -2.24. The van der Waals surface area contributed by atoms with Gasteiger partial charge in [0.05, 0.1) is 21.8 Å². The van der Waals surface area contributed by atoms with Crippen molar-refractivity contribution >= 4 is 50.0 Å². The van der Waals surface area contributed by atoms with Crippen LogP contribution in [-0.2, 0) is 4.79 Å². The van der Waals surface area contributed by atoms with Gasteiger partial charge in [-0.3, -0.25) is 14.5 Å². The van der Waals surface area contributed by atoms with Crippen LogP contribution in [0, 0.1) is 6.92 Å². The number of aliphatic hydroxyl groups excluding tert-OH is 1. The number of thiazole rings is 1. The number of hydrogen-bond acceptors (Lipinski definition) is 6. The quantitative estimate of drug-likeness (QED) is 0.407. The van der Waals surface area contributed by atoms with Gasteiger partial charge in [0.25, 0.3) is 5.91 Å². The zero-order valence-corrected chi connectivity index (χ0v) is 17.8. The van der Waals surface area contributed by atoms with E-state index >= 15 is 0 Å². The summed E-state index contributed by atoms with van der Waals surface area (Å²) in [5.74, 6) is -1.22. The number of aliphatic hydroxyl groups is 1. The Morgan fingerprint density at radius 2 is 1.94 bits per heavy atom. The highest BCUT2D eigenvalue weighted by molar-refractivity contribution is 7.22. The number of fused-ring (bicyclic) bond motifs is 1. The number of rotatable bonds is 4. The van der Waals surface area contributed by atoms with Gasteiger partial charge in [-0.25, -0.2) is 4.98 Å². The first kappa shape index (κ1) is 19.5. The van der Waals surface area contributed by atoms with Gasteiger partial charge in [0.2, 0.25) is 5.78 Å². The maximum Gasteiger partial charge on any atom is 0.296 e. The van der Waals surface area contributed by atoms with Crippen LogP contribution >= 0.6 is 22.9 Å². The summed E-state index contributed by atoms with van der Waals surface area (Å²) in [5.41, 5.74) is 1.30. The molecule has 1 unspecified atom stereocenters. The molecular formula is C23H15ClN2O4S. The van der Waals surface area contributed by atoms with Crippen LogP contribution in [0.15, 0.2) is 76.4 Å². The fraction of sp³-hybridized carbons (Fsp3) is 0.0870. The van der Waals surface area contributed by atoms with Crippen molar-refractivity contribution < 1.29 is 19.1 Å². The zero-order chi connectivity index (χ0) is 21.7. The number of nitrogens with zero attached hydrogens (tertiary/aromatic N) is 2. The Kier molecular flexibility index (Phi) is 4.64. The molecule has 0 radical (unpaired) electrons. The largest absolute Gasteiger partial charge is 0.503 e. The molecule has 0 spiro atoms. The van der Waals surface area contributed by atoms with Crippen LogP contribution < -0.4 is 4.90 Å². The van der Waals surface area contributed by atoms with Crippen LogP contribution in [0.5, 0.6) is 0 Å². The summed E-state index contributed by atoms with van der Waals surface area (Å²) in [4.78, 5) is 32.3. The smallest absolute Gasteiger partial charge is 0.296 e. The molecule has 1 atom stereocenters. The number of ketones is 1. The Hall–Kier alpha value is -3.42. The van der Waals surface area contributed by atoms with Gasteiger partial charge in [-0.05, 0) is 42.8 Å². The maximum absolute atomic E-state index is 13.3. The van der Waals surface area contributed by atoms with Crippen LogP contribution in [0.3, 0.4) is 0 Å².